The zero-order valence-corrected chi connectivity index (χ0v) is 24.8. The predicted molar refractivity (Wildman–Crippen MR) is 169 cm³/mol. The summed E-state index contributed by atoms with van der Waals surface area (Å²) in [5, 5.41) is 2.80. The Labute approximate surface area is 233 Å². The molecule has 3 aliphatic rings. The monoisotopic (exact) mass is 541 g/mol. The molecule has 1 heterocycles. The molecule has 38 heavy (non-hydrogen) atoms. The van der Waals surface area contributed by atoms with Crippen molar-refractivity contribution in [3.8, 4) is 0 Å². The smallest absolute Gasteiger partial charge is 0.0720 e. The average Bonchev–Trinajstić information content (AvgIpc) is 3.00. The average molecular weight is 542 g/mol. The van der Waals surface area contributed by atoms with Crippen LogP contribution in [0.3, 0.4) is 0 Å². The fourth-order valence-corrected chi connectivity index (χ4v) is 14.5. The molecular weight excluding hydrogens is 496 g/mol. The predicted octanol–water partition coefficient (Wildman–Crippen LogP) is 9.01. The van der Waals surface area contributed by atoms with Crippen LogP contribution in [-0.4, -0.2) is 22.0 Å². The number of hydrogen-bond acceptors (Lipinski definition) is 1. The van der Waals surface area contributed by atoms with Gasteiger partial charge >= 0.3 is 0 Å². The van der Waals surface area contributed by atoms with Gasteiger partial charge in [0, 0.05) is 14.1 Å². The molecule has 1 atom stereocenters. The molecule has 1 aromatic heterocycles. The summed E-state index contributed by atoms with van der Waals surface area (Å²) in [5.41, 5.74) is 6.04. The zero-order valence-electron chi connectivity index (χ0n) is 23.1. The van der Waals surface area contributed by atoms with Crippen LogP contribution in [0, 0.1) is 0 Å². The van der Waals surface area contributed by atoms with Crippen molar-refractivity contribution < 1.29 is 0 Å². The SMILES string of the molecule is c1ccc(P(c2ccc(C3CCC(P(C4CCCCC4)C4CCCCC4)CC3)cc2)c2ccccn2)cc1. The van der Waals surface area contributed by atoms with Gasteiger partial charge in [0.25, 0.3) is 0 Å². The highest BCUT2D eigenvalue weighted by Gasteiger charge is 2.38. The van der Waals surface area contributed by atoms with Crippen LogP contribution >= 0.6 is 15.8 Å². The first-order valence-electron chi connectivity index (χ1n) is 15.5. The lowest BCUT2D eigenvalue weighted by molar-refractivity contribution is 0.431. The Kier molecular flexibility index (Phi) is 9.26. The van der Waals surface area contributed by atoms with Gasteiger partial charge in [-0.2, -0.15) is 0 Å². The van der Waals surface area contributed by atoms with Crippen LogP contribution < -0.4 is 16.0 Å². The van der Waals surface area contributed by atoms with Gasteiger partial charge in [-0.05, 0) is 103 Å². The third-order valence-electron chi connectivity index (χ3n) is 9.63. The summed E-state index contributed by atoms with van der Waals surface area (Å²) in [4.78, 5) is 4.78. The van der Waals surface area contributed by atoms with Crippen molar-refractivity contribution in [3.05, 3.63) is 84.6 Å². The number of benzene rings is 2. The molecule has 0 amide bonds. The van der Waals surface area contributed by atoms with E-state index in [4.69, 9.17) is 4.98 Å². The second-order valence-electron chi connectivity index (χ2n) is 12.0. The van der Waals surface area contributed by atoms with Crippen molar-refractivity contribution in [2.45, 2.75) is 113 Å². The fourth-order valence-electron chi connectivity index (χ4n) is 7.73. The Balaban J connectivity index is 1.15. The maximum absolute atomic E-state index is 4.78. The Morgan fingerprint density at radius 3 is 1.63 bits per heavy atom. The lowest BCUT2D eigenvalue weighted by Crippen LogP contribution is -2.29. The molecule has 200 valence electrons. The number of hydrogen-bond donors (Lipinski definition) is 0. The summed E-state index contributed by atoms with van der Waals surface area (Å²) in [6.45, 7) is 0. The van der Waals surface area contributed by atoms with E-state index in [9.17, 15) is 0 Å². The normalized spacial score (nSPS) is 24.3. The summed E-state index contributed by atoms with van der Waals surface area (Å²) in [5.74, 6) is 0.757. The first-order chi connectivity index (χ1) is 18.9. The van der Waals surface area contributed by atoms with Gasteiger partial charge in [0.2, 0.25) is 0 Å². The van der Waals surface area contributed by atoms with Crippen LogP contribution in [0.4, 0.5) is 0 Å². The first-order valence-corrected chi connectivity index (χ1v) is 18.4. The summed E-state index contributed by atoms with van der Waals surface area (Å²) in [7, 11) is -0.388. The van der Waals surface area contributed by atoms with E-state index in [2.05, 4.69) is 66.7 Å². The molecule has 0 radical (unpaired) electrons. The second kappa shape index (κ2) is 13.2. The first kappa shape index (κ1) is 26.7. The largest absolute Gasteiger partial charge is 0.256 e. The van der Waals surface area contributed by atoms with E-state index >= 15 is 0 Å². The summed E-state index contributed by atoms with van der Waals surface area (Å²) in [6.07, 6.45) is 23.1. The molecule has 3 fully saturated rings. The van der Waals surface area contributed by atoms with E-state index in [0.717, 1.165) is 22.9 Å². The van der Waals surface area contributed by atoms with Crippen molar-refractivity contribution >= 4 is 31.9 Å². The molecule has 2 aromatic carbocycles. The highest BCUT2D eigenvalue weighted by Crippen LogP contribution is 2.62. The van der Waals surface area contributed by atoms with Gasteiger partial charge in [0.15, 0.2) is 0 Å². The number of nitrogens with zero attached hydrogens (tertiary/aromatic N) is 1. The molecule has 6 rings (SSSR count). The van der Waals surface area contributed by atoms with Crippen LogP contribution in [0.15, 0.2) is 79.0 Å². The fraction of sp³-hybridized carbons (Fsp3) is 0.514. The summed E-state index contributed by atoms with van der Waals surface area (Å²) in [6, 6.07) is 27.1. The van der Waals surface area contributed by atoms with E-state index < -0.39 is 7.92 Å². The molecule has 1 unspecified atom stereocenters. The maximum Gasteiger partial charge on any atom is 0.0720 e. The number of pyridine rings is 1. The van der Waals surface area contributed by atoms with Crippen LogP contribution in [0.5, 0.6) is 0 Å². The van der Waals surface area contributed by atoms with E-state index in [1.807, 2.05) is 12.3 Å². The maximum atomic E-state index is 4.78. The minimum atomic E-state index is -0.615. The molecule has 0 saturated heterocycles. The van der Waals surface area contributed by atoms with Gasteiger partial charge < -0.3 is 0 Å². The van der Waals surface area contributed by atoms with Gasteiger partial charge in [0.1, 0.15) is 0 Å². The number of aromatic nitrogens is 1. The zero-order chi connectivity index (χ0) is 25.6. The summed E-state index contributed by atoms with van der Waals surface area (Å²) < 4.78 is 0. The minimum absolute atomic E-state index is 0.227. The van der Waals surface area contributed by atoms with Crippen molar-refractivity contribution in [3.63, 3.8) is 0 Å². The van der Waals surface area contributed by atoms with Crippen molar-refractivity contribution in [2.24, 2.45) is 0 Å². The molecule has 3 heteroatoms. The Morgan fingerprint density at radius 2 is 1.05 bits per heavy atom. The van der Waals surface area contributed by atoms with Crippen LogP contribution in [0.2, 0.25) is 0 Å². The molecule has 3 aromatic rings. The third-order valence-corrected chi connectivity index (χ3v) is 16.1. The van der Waals surface area contributed by atoms with Gasteiger partial charge in [0.05, 0.1) is 5.44 Å². The third kappa shape index (κ3) is 6.26. The molecule has 0 N–H and O–H groups in total. The van der Waals surface area contributed by atoms with E-state index in [1.165, 1.54) is 80.3 Å². The van der Waals surface area contributed by atoms with Crippen molar-refractivity contribution in [1.82, 2.24) is 4.98 Å². The molecule has 0 bridgehead atoms. The lowest BCUT2D eigenvalue weighted by atomic mass is 9.84. The topological polar surface area (TPSA) is 12.9 Å². The Morgan fingerprint density at radius 1 is 0.500 bits per heavy atom. The highest BCUT2D eigenvalue weighted by molar-refractivity contribution is 7.79. The van der Waals surface area contributed by atoms with Gasteiger partial charge in [-0.15, -0.1) is 0 Å². The highest BCUT2D eigenvalue weighted by atomic mass is 31.1. The molecule has 0 spiro atoms. The van der Waals surface area contributed by atoms with E-state index in [1.54, 1.807) is 31.2 Å². The molecule has 3 aliphatic carbocycles. The summed E-state index contributed by atoms with van der Waals surface area (Å²) >= 11 is 0. The van der Waals surface area contributed by atoms with Crippen molar-refractivity contribution in [2.75, 3.05) is 0 Å². The molecular formula is C35H45NP2. The standard InChI is InChI=1S/C35H45NP2/c1-4-12-30(13-5-1)37(31-14-6-2-7-15-31)33-23-19-28(20-24-33)29-21-25-34(26-22-29)38(32-16-8-3-9-17-32)35-18-10-11-27-36-35/h3,8-11,16-18,21-22,25-28,30-31,33H,1-2,4-7,12-15,19-20,23-24H2. The lowest BCUT2D eigenvalue weighted by Gasteiger charge is -2.45. The number of rotatable bonds is 7. The van der Waals surface area contributed by atoms with Gasteiger partial charge in [-0.25, -0.2) is 0 Å². The van der Waals surface area contributed by atoms with Gasteiger partial charge in [-0.3, -0.25) is 4.98 Å². The van der Waals surface area contributed by atoms with Gasteiger partial charge in [-0.1, -0.05) is 107 Å². The van der Waals surface area contributed by atoms with E-state index in [0.29, 0.717) is 0 Å². The Hall–Kier alpha value is -1.55. The van der Waals surface area contributed by atoms with Crippen LogP contribution in [0.25, 0.3) is 0 Å². The molecule has 1 nitrogen and oxygen atoms in total. The molecule has 3 saturated carbocycles. The second-order valence-corrected chi connectivity index (χ2v) is 17.2. The quantitative estimate of drug-likeness (QED) is 0.272. The Bertz CT molecular complexity index is 1040. The van der Waals surface area contributed by atoms with Crippen molar-refractivity contribution in [1.29, 1.82) is 0 Å². The molecule has 0 aliphatic heterocycles. The van der Waals surface area contributed by atoms with E-state index in [-0.39, 0.29) is 7.92 Å². The minimum Gasteiger partial charge on any atom is -0.256 e. The van der Waals surface area contributed by atoms with Crippen LogP contribution in [0.1, 0.15) is 101 Å². The van der Waals surface area contributed by atoms with Crippen LogP contribution in [-0.2, 0) is 0 Å².